The third-order valence-corrected chi connectivity index (χ3v) is 7.10. The van der Waals surface area contributed by atoms with Crippen LogP contribution in [0.25, 0.3) is 0 Å². The molecular weight excluding hydrogens is 432 g/mol. The highest BCUT2D eigenvalue weighted by Gasteiger charge is 2.33. The topological polar surface area (TPSA) is 49.9 Å². The molecule has 0 radical (unpaired) electrons. The number of carbonyl (C=O) groups is 2. The standard InChI is InChI=1S/C24H31ClN2O3S/c1-4-17(3)14-26(23(28)5-2)15-24(29)27-12-10-22-20(11-13-31-22)21(27)16-30-19-8-6-18(25)7-9-19/h6-9,11,13,17,21H,4-5,10,12,14-16H2,1-3H3/t17-,21-/m1/s1. The molecule has 0 bridgehead atoms. The molecule has 0 saturated carbocycles. The first-order chi connectivity index (χ1) is 14.9. The lowest BCUT2D eigenvalue weighted by Crippen LogP contribution is -2.48. The summed E-state index contributed by atoms with van der Waals surface area (Å²) in [5.41, 5.74) is 1.15. The van der Waals surface area contributed by atoms with Crippen molar-refractivity contribution in [3.8, 4) is 5.75 Å². The molecule has 1 aromatic carbocycles. The number of carbonyl (C=O) groups excluding carboxylic acids is 2. The third-order valence-electron chi connectivity index (χ3n) is 5.85. The van der Waals surface area contributed by atoms with Gasteiger partial charge < -0.3 is 14.5 Å². The van der Waals surface area contributed by atoms with Gasteiger partial charge in [-0.15, -0.1) is 11.3 Å². The van der Waals surface area contributed by atoms with Crippen LogP contribution in [0.5, 0.6) is 5.75 Å². The van der Waals surface area contributed by atoms with Crippen LogP contribution in [0.4, 0.5) is 0 Å². The Labute approximate surface area is 193 Å². The number of hydrogen-bond donors (Lipinski definition) is 0. The molecule has 0 N–H and O–H groups in total. The molecule has 31 heavy (non-hydrogen) atoms. The second kappa shape index (κ2) is 11.0. The number of fused-ring (bicyclic) bond motifs is 1. The molecule has 0 unspecified atom stereocenters. The molecule has 0 saturated heterocycles. The van der Waals surface area contributed by atoms with Gasteiger partial charge in [-0.2, -0.15) is 0 Å². The minimum Gasteiger partial charge on any atom is -0.491 e. The van der Waals surface area contributed by atoms with E-state index in [-0.39, 0.29) is 24.4 Å². The van der Waals surface area contributed by atoms with Gasteiger partial charge in [0.2, 0.25) is 11.8 Å². The first-order valence-electron chi connectivity index (χ1n) is 10.9. The maximum Gasteiger partial charge on any atom is 0.242 e. The van der Waals surface area contributed by atoms with E-state index in [1.807, 2.05) is 24.0 Å². The van der Waals surface area contributed by atoms with Crippen molar-refractivity contribution in [1.82, 2.24) is 9.80 Å². The average Bonchev–Trinajstić information content (AvgIpc) is 3.26. The summed E-state index contributed by atoms with van der Waals surface area (Å²) in [6.45, 7) is 7.79. The van der Waals surface area contributed by atoms with Gasteiger partial charge in [-0.1, -0.05) is 38.8 Å². The number of benzene rings is 1. The molecule has 3 rings (SSSR count). The lowest BCUT2D eigenvalue weighted by atomic mass is 10.00. The first kappa shape index (κ1) is 23.6. The van der Waals surface area contributed by atoms with Gasteiger partial charge in [-0.05, 0) is 53.6 Å². The molecule has 7 heteroatoms. The zero-order valence-electron chi connectivity index (χ0n) is 18.5. The van der Waals surface area contributed by atoms with E-state index >= 15 is 0 Å². The van der Waals surface area contributed by atoms with Gasteiger partial charge >= 0.3 is 0 Å². The highest BCUT2D eigenvalue weighted by molar-refractivity contribution is 7.10. The number of halogens is 1. The van der Waals surface area contributed by atoms with Gasteiger partial charge in [0.25, 0.3) is 0 Å². The van der Waals surface area contributed by atoms with Crippen LogP contribution in [0.15, 0.2) is 35.7 Å². The molecular formula is C24H31ClN2O3S. The zero-order valence-corrected chi connectivity index (χ0v) is 20.0. The predicted molar refractivity (Wildman–Crippen MR) is 126 cm³/mol. The van der Waals surface area contributed by atoms with Gasteiger partial charge in [-0.3, -0.25) is 9.59 Å². The van der Waals surface area contributed by atoms with Crippen LogP contribution in [0, 0.1) is 5.92 Å². The third kappa shape index (κ3) is 6.01. The number of rotatable bonds is 9. The van der Waals surface area contributed by atoms with E-state index in [1.165, 1.54) is 4.88 Å². The number of amides is 2. The molecule has 1 aromatic heterocycles. The van der Waals surface area contributed by atoms with Gasteiger partial charge in [-0.25, -0.2) is 0 Å². The van der Waals surface area contributed by atoms with E-state index in [0.717, 1.165) is 24.2 Å². The molecule has 2 heterocycles. The van der Waals surface area contributed by atoms with Crippen LogP contribution < -0.4 is 4.74 Å². The first-order valence-corrected chi connectivity index (χ1v) is 12.2. The van der Waals surface area contributed by atoms with E-state index in [0.29, 0.717) is 37.1 Å². The van der Waals surface area contributed by atoms with E-state index < -0.39 is 0 Å². The molecule has 2 amide bonds. The zero-order chi connectivity index (χ0) is 22.4. The normalized spacial score (nSPS) is 16.5. The summed E-state index contributed by atoms with van der Waals surface area (Å²) in [5, 5.41) is 2.73. The Morgan fingerprint density at radius 3 is 2.68 bits per heavy atom. The summed E-state index contributed by atoms with van der Waals surface area (Å²) >= 11 is 7.70. The van der Waals surface area contributed by atoms with Gasteiger partial charge in [0.1, 0.15) is 12.4 Å². The molecule has 5 nitrogen and oxygen atoms in total. The molecule has 1 aliphatic rings. The van der Waals surface area contributed by atoms with E-state index in [1.54, 1.807) is 28.4 Å². The quantitative estimate of drug-likeness (QED) is 0.515. The van der Waals surface area contributed by atoms with Crippen LogP contribution in [0.3, 0.4) is 0 Å². The summed E-state index contributed by atoms with van der Waals surface area (Å²) in [6, 6.07) is 9.17. The minimum atomic E-state index is -0.166. The summed E-state index contributed by atoms with van der Waals surface area (Å²) in [7, 11) is 0. The minimum absolute atomic E-state index is 0.0216. The van der Waals surface area contributed by atoms with Crippen molar-refractivity contribution in [2.24, 2.45) is 5.92 Å². The fourth-order valence-electron chi connectivity index (χ4n) is 3.82. The second-order valence-electron chi connectivity index (χ2n) is 8.06. The number of ether oxygens (including phenoxy) is 1. The number of hydrogen-bond acceptors (Lipinski definition) is 4. The van der Waals surface area contributed by atoms with Crippen molar-refractivity contribution in [1.29, 1.82) is 0 Å². The maximum atomic E-state index is 13.4. The van der Waals surface area contributed by atoms with Crippen LogP contribution in [-0.4, -0.2) is 47.9 Å². The molecule has 0 spiro atoms. The highest BCUT2D eigenvalue weighted by Crippen LogP contribution is 2.34. The van der Waals surface area contributed by atoms with Crippen LogP contribution in [-0.2, 0) is 16.0 Å². The summed E-state index contributed by atoms with van der Waals surface area (Å²) in [6.07, 6.45) is 2.21. The Kier molecular flexibility index (Phi) is 8.38. The predicted octanol–water partition coefficient (Wildman–Crippen LogP) is 5.19. The van der Waals surface area contributed by atoms with Crippen LogP contribution in [0.2, 0.25) is 5.02 Å². The van der Waals surface area contributed by atoms with Gasteiger partial charge in [0, 0.05) is 29.4 Å². The van der Waals surface area contributed by atoms with E-state index in [2.05, 4.69) is 25.3 Å². The number of thiophene rings is 1. The Bertz CT molecular complexity index is 883. The van der Waals surface area contributed by atoms with Crippen molar-refractivity contribution in [3.63, 3.8) is 0 Å². The molecule has 0 aliphatic carbocycles. The van der Waals surface area contributed by atoms with Crippen LogP contribution >= 0.6 is 22.9 Å². The maximum absolute atomic E-state index is 13.4. The smallest absolute Gasteiger partial charge is 0.242 e. The lowest BCUT2D eigenvalue weighted by molar-refractivity contribution is -0.143. The monoisotopic (exact) mass is 462 g/mol. The Morgan fingerprint density at radius 1 is 1.26 bits per heavy atom. The highest BCUT2D eigenvalue weighted by atomic mass is 35.5. The van der Waals surface area contributed by atoms with E-state index in [9.17, 15) is 9.59 Å². The fourth-order valence-corrected chi connectivity index (χ4v) is 4.87. The lowest BCUT2D eigenvalue weighted by Gasteiger charge is -2.37. The largest absolute Gasteiger partial charge is 0.491 e. The van der Waals surface area contributed by atoms with Crippen molar-refractivity contribution >= 4 is 34.8 Å². The summed E-state index contributed by atoms with van der Waals surface area (Å²) < 4.78 is 6.03. The van der Waals surface area contributed by atoms with Crippen molar-refractivity contribution in [3.05, 3.63) is 51.2 Å². The molecule has 2 aromatic rings. The Balaban J connectivity index is 1.75. The average molecular weight is 463 g/mol. The fraction of sp³-hybridized carbons (Fsp3) is 0.500. The van der Waals surface area contributed by atoms with Crippen molar-refractivity contribution in [2.45, 2.75) is 46.1 Å². The molecule has 2 atom stereocenters. The molecule has 0 fully saturated rings. The summed E-state index contributed by atoms with van der Waals surface area (Å²) in [5.74, 6) is 1.08. The van der Waals surface area contributed by atoms with Crippen molar-refractivity contribution < 1.29 is 14.3 Å². The van der Waals surface area contributed by atoms with E-state index in [4.69, 9.17) is 16.3 Å². The van der Waals surface area contributed by atoms with Gasteiger partial charge in [0.15, 0.2) is 0 Å². The second-order valence-corrected chi connectivity index (χ2v) is 9.50. The van der Waals surface area contributed by atoms with Crippen LogP contribution in [0.1, 0.15) is 50.1 Å². The SMILES string of the molecule is CCC(=O)N(CC(=O)N1CCc2sccc2[C@H]1COc1ccc(Cl)cc1)C[C@H](C)CC. The molecule has 168 valence electrons. The van der Waals surface area contributed by atoms with Gasteiger partial charge in [0.05, 0.1) is 12.6 Å². The number of nitrogens with zero attached hydrogens (tertiary/aromatic N) is 2. The summed E-state index contributed by atoms with van der Waals surface area (Å²) in [4.78, 5) is 30.7. The van der Waals surface area contributed by atoms with Crippen molar-refractivity contribution in [2.75, 3.05) is 26.2 Å². The molecule has 1 aliphatic heterocycles. The Morgan fingerprint density at radius 2 is 2.00 bits per heavy atom. The Hall–Kier alpha value is -2.05.